The van der Waals surface area contributed by atoms with Crippen molar-refractivity contribution in [3.05, 3.63) is 35.4 Å². The number of ether oxygens (including phenoxy) is 1. The SMILES string of the molecule is N#Cc1ccccc1CN1CCC[C@@H]1C(=O)N1CCOCC1. The molecule has 2 aliphatic heterocycles. The Morgan fingerprint density at radius 2 is 2.05 bits per heavy atom. The van der Waals surface area contributed by atoms with Crippen LogP contribution in [0.25, 0.3) is 0 Å². The lowest BCUT2D eigenvalue weighted by Crippen LogP contribution is -2.49. The highest BCUT2D eigenvalue weighted by Gasteiger charge is 2.34. The lowest BCUT2D eigenvalue weighted by molar-refractivity contribution is -0.140. The van der Waals surface area contributed by atoms with Gasteiger partial charge in [-0.3, -0.25) is 9.69 Å². The number of amides is 1. The normalized spacial score (nSPS) is 22.5. The Bertz CT molecular complexity index is 576. The highest BCUT2D eigenvalue weighted by Crippen LogP contribution is 2.23. The fraction of sp³-hybridized carbons (Fsp3) is 0.529. The third kappa shape index (κ3) is 3.13. The molecule has 0 radical (unpaired) electrons. The molecule has 1 aromatic rings. The maximum absolute atomic E-state index is 12.7. The summed E-state index contributed by atoms with van der Waals surface area (Å²) >= 11 is 0. The van der Waals surface area contributed by atoms with E-state index in [1.807, 2.05) is 29.2 Å². The molecule has 0 N–H and O–H groups in total. The van der Waals surface area contributed by atoms with Gasteiger partial charge in [-0.1, -0.05) is 18.2 Å². The van der Waals surface area contributed by atoms with Crippen molar-refractivity contribution in [3.63, 3.8) is 0 Å². The summed E-state index contributed by atoms with van der Waals surface area (Å²) in [5.41, 5.74) is 1.71. The van der Waals surface area contributed by atoms with Crippen LogP contribution in [0, 0.1) is 11.3 Å². The molecule has 0 aromatic heterocycles. The number of hydrogen-bond acceptors (Lipinski definition) is 4. The minimum absolute atomic E-state index is 0.0511. The first-order valence-corrected chi connectivity index (χ1v) is 7.88. The summed E-state index contributed by atoms with van der Waals surface area (Å²) in [4.78, 5) is 16.9. The molecule has 1 aromatic carbocycles. The van der Waals surface area contributed by atoms with E-state index in [9.17, 15) is 10.1 Å². The first-order valence-electron chi connectivity index (χ1n) is 7.88. The van der Waals surface area contributed by atoms with Gasteiger partial charge in [-0.15, -0.1) is 0 Å². The highest BCUT2D eigenvalue weighted by molar-refractivity contribution is 5.82. The van der Waals surface area contributed by atoms with Crippen molar-refractivity contribution in [2.45, 2.75) is 25.4 Å². The average molecular weight is 299 g/mol. The van der Waals surface area contributed by atoms with E-state index in [1.165, 1.54) is 0 Å². The Morgan fingerprint density at radius 1 is 1.27 bits per heavy atom. The molecule has 2 aliphatic rings. The lowest BCUT2D eigenvalue weighted by Gasteiger charge is -2.32. The molecule has 0 bridgehead atoms. The van der Waals surface area contributed by atoms with Gasteiger partial charge in [0.05, 0.1) is 30.9 Å². The maximum Gasteiger partial charge on any atom is 0.240 e. The third-order valence-electron chi connectivity index (χ3n) is 4.48. The molecule has 116 valence electrons. The van der Waals surface area contributed by atoms with Crippen molar-refractivity contribution in [1.29, 1.82) is 5.26 Å². The predicted molar refractivity (Wildman–Crippen MR) is 82.0 cm³/mol. The van der Waals surface area contributed by atoms with Crippen molar-refractivity contribution in [2.75, 3.05) is 32.8 Å². The van der Waals surface area contributed by atoms with E-state index in [2.05, 4.69) is 11.0 Å². The van der Waals surface area contributed by atoms with Crippen molar-refractivity contribution < 1.29 is 9.53 Å². The van der Waals surface area contributed by atoms with Gasteiger partial charge in [0.1, 0.15) is 0 Å². The van der Waals surface area contributed by atoms with E-state index in [1.54, 1.807) is 0 Å². The van der Waals surface area contributed by atoms with Gasteiger partial charge in [0, 0.05) is 19.6 Å². The van der Waals surface area contributed by atoms with Crippen LogP contribution in [0.15, 0.2) is 24.3 Å². The standard InChI is InChI=1S/C17H21N3O2/c18-12-14-4-1-2-5-15(14)13-20-7-3-6-16(20)17(21)19-8-10-22-11-9-19/h1-2,4-5,16H,3,6-11,13H2/t16-/m1/s1. The van der Waals surface area contributed by atoms with E-state index in [-0.39, 0.29) is 11.9 Å². The lowest BCUT2D eigenvalue weighted by atomic mass is 10.1. The first kappa shape index (κ1) is 15.0. The fourth-order valence-corrected chi connectivity index (χ4v) is 3.28. The Labute approximate surface area is 131 Å². The summed E-state index contributed by atoms with van der Waals surface area (Å²) in [6.45, 7) is 4.24. The Morgan fingerprint density at radius 3 is 2.82 bits per heavy atom. The molecule has 5 heteroatoms. The minimum Gasteiger partial charge on any atom is -0.378 e. The van der Waals surface area contributed by atoms with Crippen LogP contribution in [0.4, 0.5) is 0 Å². The molecule has 3 rings (SSSR count). The highest BCUT2D eigenvalue weighted by atomic mass is 16.5. The second-order valence-corrected chi connectivity index (χ2v) is 5.84. The van der Waals surface area contributed by atoms with E-state index in [0.717, 1.165) is 24.9 Å². The monoisotopic (exact) mass is 299 g/mol. The topological polar surface area (TPSA) is 56.6 Å². The van der Waals surface area contributed by atoms with Gasteiger partial charge in [-0.05, 0) is 31.0 Å². The van der Waals surface area contributed by atoms with E-state index in [0.29, 0.717) is 38.4 Å². The first-order chi connectivity index (χ1) is 10.8. The van der Waals surface area contributed by atoms with Gasteiger partial charge in [-0.25, -0.2) is 0 Å². The summed E-state index contributed by atoms with van der Waals surface area (Å²) in [5, 5.41) is 9.21. The van der Waals surface area contributed by atoms with Crippen molar-refractivity contribution in [1.82, 2.24) is 9.80 Å². The molecular formula is C17H21N3O2. The molecule has 1 atom stereocenters. The molecule has 0 saturated carbocycles. The summed E-state index contributed by atoms with van der Waals surface area (Å²) in [6, 6.07) is 9.83. The van der Waals surface area contributed by atoms with Crippen LogP contribution in [-0.2, 0) is 16.1 Å². The molecule has 2 heterocycles. The van der Waals surface area contributed by atoms with Crippen LogP contribution < -0.4 is 0 Å². The number of morpholine rings is 1. The summed E-state index contributed by atoms with van der Waals surface area (Å²) < 4.78 is 5.32. The van der Waals surface area contributed by atoms with Gasteiger partial charge in [0.15, 0.2) is 0 Å². The van der Waals surface area contributed by atoms with E-state index < -0.39 is 0 Å². The number of likely N-dealkylation sites (tertiary alicyclic amines) is 1. The minimum atomic E-state index is -0.0511. The zero-order valence-corrected chi connectivity index (χ0v) is 12.7. The van der Waals surface area contributed by atoms with Gasteiger partial charge >= 0.3 is 0 Å². The zero-order chi connectivity index (χ0) is 15.4. The van der Waals surface area contributed by atoms with E-state index in [4.69, 9.17) is 4.74 Å². The molecule has 1 amide bonds. The number of rotatable bonds is 3. The number of benzene rings is 1. The molecule has 5 nitrogen and oxygen atoms in total. The van der Waals surface area contributed by atoms with Crippen LogP contribution >= 0.6 is 0 Å². The van der Waals surface area contributed by atoms with Crippen LogP contribution in [-0.4, -0.2) is 54.6 Å². The molecule has 2 saturated heterocycles. The molecule has 22 heavy (non-hydrogen) atoms. The number of hydrogen-bond donors (Lipinski definition) is 0. The van der Waals surface area contributed by atoms with Crippen molar-refractivity contribution >= 4 is 5.91 Å². The quantitative estimate of drug-likeness (QED) is 0.846. The summed E-state index contributed by atoms with van der Waals surface area (Å²) in [7, 11) is 0. The van der Waals surface area contributed by atoms with Crippen molar-refractivity contribution in [2.24, 2.45) is 0 Å². The molecular weight excluding hydrogens is 278 g/mol. The zero-order valence-electron chi connectivity index (χ0n) is 12.7. The number of carbonyl (C=O) groups is 1. The Balaban J connectivity index is 1.70. The largest absolute Gasteiger partial charge is 0.378 e. The van der Waals surface area contributed by atoms with Crippen LogP contribution in [0.3, 0.4) is 0 Å². The summed E-state index contributed by atoms with van der Waals surface area (Å²) in [5.74, 6) is 0.218. The van der Waals surface area contributed by atoms with Gasteiger partial charge in [-0.2, -0.15) is 5.26 Å². The Hall–Kier alpha value is -1.90. The number of nitriles is 1. The molecule has 2 fully saturated rings. The average Bonchev–Trinajstić information content (AvgIpc) is 3.03. The van der Waals surface area contributed by atoms with Gasteiger partial charge < -0.3 is 9.64 Å². The second-order valence-electron chi connectivity index (χ2n) is 5.84. The van der Waals surface area contributed by atoms with Gasteiger partial charge in [0.25, 0.3) is 0 Å². The molecule has 0 unspecified atom stereocenters. The second kappa shape index (κ2) is 6.91. The Kier molecular flexibility index (Phi) is 4.71. The van der Waals surface area contributed by atoms with E-state index >= 15 is 0 Å². The van der Waals surface area contributed by atoms with Crippen molar-refractivity contribution in [3.8, 4) is 6.07 Å². The summed E-state index contributed by atoms with van der Waals surface area (Å²) in [6.07, 6.45) is 1.94. The molecule has 0 aliphatic carbocycles. The van der Waals surface area contributed by atoms with Crippen LogP contribution in [0.2, 0.25) is 0 Å². The number of nitrogens with zero attached hydrogens (tertiary/aromatic N) is 3. The smallest absolute Gasteiger partial charge is 0.240 e. The predicted octanol–water partition coefficient (Wildman–Crippen LogP) is 1.38. The van der Waals surface area contributed by atoms with Gasteiger partial charge in [0.2, 0.25) is 5.91 Å². The molecule has 0 spiro atoms. The maximum atomic E-state index is 12.7. The number of carbonyl (C=O) groups excluding carboxylic acids is 1. The third-order valence-corrected chi connectivity index (χ3v) is 4.48. The van der Waals surface area contributed by atoms with Crippen LogP contribution in [0.5, 0.6) is 0 Å². The fourth-order valence-electron chi connectivity index (χ4n) is 3.28. The van der Waals surface area contributed by atoms with Crippen LogP contribution in [0.1, 0.15) is 24.0 Å².